The molecule has 0 atom stereocenters. The first-order valence-corrected chi connectivity index (χ1v) is 8.49. The van der Waals surface area contributed by atoms with Crippen molar-refractivity contribution in [2.75, 3.05) is 33.4 Å². The summed E-state index contributed by atoms with van der Waals surface area (Å²) in [5.74, 6) is -0.728. The minimum atomic E-state index is -3.74. The summed E-state index contributed by atoms with van der Waals surface area (Å²) in [6, 6.07) is 2.39. The van der Waals surface area contributed by atoms with E-state index in [1.165, 1.54) is 10.4 Å². The highest BCUT2D eigenvalue weighted by Gasteiger charge is 2.27. The molecule has 1 N–H and O–H groups in total. The van der Waals surface area contributed by atoms with E-state index in [-0.39, 0.29) is 16.5 Å². The molecule has 1 fully saturated rings. The monoisotopic (exact) mass is 336 g/mol. The van der Waals surface area contributed by atoms with Gasteiger partial charge in [0.05, 0.1) is 16.5 Å². The average molecular weight is 337 g/mol. The second kappa shape index (κ2) is 7.02. The SMILES string of the molecule is CNCc1cc(S(=O)(=O)N2CCCOCC2)cc(F)c1Cl. The fourth-order valence-electron chi connectivity index (χ4n) is 2.20. The van der Waals surface area contributed by atoms with E-state index in [0.29, 0.717) is 38.3 Å². The van der Waals surface area contributed by atoms with Crippen molar-refractivity contribution < 1.29 is 17.5 Å². The summed E-state index contributed by atoms with van der Waals surface area (Å²) in [6.45, 7) is 1.81. The van der Waals surface area contributed by atoms with Gasteiger partial charge in [0.1, 0.15) is 5.82 Å². The zero-order valence-corrected chi connectivity index (χ0v) is 13.3. The van der Waals surface area contributed by atoms with Crippen LogP contribution in [0.1, 0.15) is 12.0 Å². The maximum atomic E-state index is 13.9. The largest absolute Gasteiger partial charge is 0.380 e. The Kier molecular flexibility index (Phi) is 5.56. The number of halogens is 2. The molecule has 1 aliphatic heterocycles. The van der Waals surface area contributed by atoms with Gasteiger partial charge in [0.15, 0.2) is 0 Å². The molecule has 1 heterocycles. The average Bonchev–Trinajstić information content (AvgIpc) is 2.73. The predicted octanol–water partition coefficient (Wildman–Crippen LogP) is 1.61. The van der Waals surface area contributed by atoms with Gasteiger partial charge in [-0.3, -0.25) is 0 Å². The maximum absolute atomic E-state index is 13.9. The van der Waals surface area contributed by atoms with Crippen LogP contribution >= 0.6 is 11.6 Å². The summed E-state index contributed by atoms with van der Waals surface area (Å²) in [6.07, 6.45) is 0.624. The van der Waals surface area contributed by atoms with E-state index in [1.807, 2.05) is 0 Å². The van der Waals surface area contributed by atoms with Gasteiger partial charge in [0.2, 0.25) is 10.0 Å². The van der Waals surface area contributed by atoms with Crippen molar-refractivity contribution in [2.24, 2.45) is 0 Å². The number of nitrogens with one attached hydrogen (secondary N) is 1. The van der Waals surface area contributed by atoms with Crippen LogP contribution in [0.2, 0.25) is 5.02 Å². The van der Waals surface area contributed by atoms with E-state index < -0.39 is 15.8 Å². The van der Waals surface area contributed by atoms with Crippen molar-refractivity contribution in [3.05, 3.63) is 28.5 Å². The summed E-state index contributed by atoms with van der Waals surface area (Å²) in [5.41, 5.74) is 0.420. The maximum Gasteiger partial charge on any atom is 0.243 e. The van der Waals surface area contributed by atoms with Gasteiger partial charge >= 0.3 is 0 Å². The number of sulfonamides is 1. The number of rotatable bonds is 4. The second-order valence-corrected chi connectivity index (χ2v) is 7.09. The molecule has 1 saturated heterocycles. The number of hydrogen-bond donors (Lipinski definition) is 1. The van der Waals surface area contributed by atoms with Gasteiger partial charge in [0.25, 0.3) is 0 Å². The quantitative estimate of drug-likeness (QED) is 0.907. The molecular weight excluding hydrogens is 319 g/mol. The first kappa shape index (κ1) is 16.6. The topological polar surface area (TPSA) is 58.6 Å². The zero-order valence-electron chi connectivity index (χ0n) is 11.7. The van der Waals surface area contributed by atoms with Crippen LogP contribution in [0.4, 0.5) is 4.39 Å². The number of benzene rings is 1. The molecule has 0 bridgehead atoms. The van der Waals surface area contributed by atoms with Crippen LogP contribution < -0.4 is 5.32 Å². The van der Waals surface area contributed by atoms with Crippen molar-refractivity contribution in [2.45, 2.75) is 17.9 Å². The lowest BCUT2D eigenvalue weighted by Gasteiger charge is -2.20. The van der Waals surface area contributed by atoms with Crippen molar-refractivity contribution >= 4 is 21.6 Å². The molecule has 5 nitrogen and oxygen atoms in total. The lowest BCUT2D eigenvalue weighted by molar-refractivity contribution is 0.148. The first-order chi connectivity index (χ1) is 9.96. The highest BCUT2D eigenvalue weighted by atomic mass is 35.5. The molecule has 8 heteroatoms. The first-order valence-electron chi connectivity index (χ1n) is 6.67. The summed E-state index contributed by atoms with van der Waals surface area (Å²) in [5, 5.41) is 2.79. The molecule has 0 spiro atoms. The molecular formula is C13H18ClFN2O3S. The Morgan fingerprint density at radius 1 is 1.38 bits per heavy atom. The van der Waals surface area contributed by atoms with E-state index in [2.05, 4.69) is 5.32 Å². The van der Waals surface area contributed by atoms with Gasteiger partial charge in [-0.2, -0.15) is 4.31 Å². The molecule has 1 aromatic rings. The molecule has 1 aliphatic rings. The van der Waals surface area contributed by atoms with Gasteiger partial charge in [0, 0.05) is 26.2 Å². The van der Waals surface area contributed by atoms with Crippen LogP contribution in [0.15, 0.2) is 17.0 Å². The van der Waals surface area contributed by atoms with Crippen molar-refractivity contribution in [1.82, 2.24) is 9.62 Å². The van der Waals surface area contributed by atoms with Crippen LogP contribution in [0.25, 0.3) is 0 Å². The highest BCUT2D eigenvalue weighted by molar-refractivity contribution is 7.89. The minimum absolute atomic E-state index is 0.0532. The zero-order chi connectivity index (χ0) is 15.5. The van der Waals surface area contributed by atoms with Crippen molar-refractivity contribution in [1.29, 1.82) is 0 Å². The van der Waals surface area contributed by atoms with Gasteiger partial charge < -0.3 is 10.1 Å². The fraction of sp³-hybridized carbons (Fsp3) is 0.538. The lowest BCUT2D eigenvalue weighted by atomic mass is 10.2. The molecule has 21 heavy (non-hydrogen) atoms. The van der Waals surface area contributed by atoms with Crippen LogP contribution in [-0.2, 0) is 21.3 Å². The third-order valence-electron chi connectivity index (χ3n) is 3.26. The Balaban J connectivity index is 2.39. The smallest absolute Gasteiger partial charge is 0.243 e. The van der Waals surface area contributed by atoms with E-state index in [0.717, 1.165) is 6.07 Å². The Morgan fingerprint density at radius 3 is 2.86 bits per heavy atom. The van der Waals surface area contributed by atoms with E-state index in [4.69, 9.17) is 16.3 Å². The molecule has 0 amide bonds. The Morgan fingerprint density at radius 2 is 2.14 bits per heavy atom. The third-order valence-corrected chi connectivity index (χ3v) is 5.56. The Hall–Kier alpha value is -0.730. The molecule has 118 valence electrons. The van der Waals surface area contributed by atoms with Gasteiger partial charge in [-0.05, 0) is 31.2 Å². The summed E-state index contributed by atoms with van der Waals surface area (Å²) >= 11 is 5.86. The van der Waals surface area contributed by atoms with Gasteiger partial charge in [-0.25, -0.2) is 12.8 Å². The van der Waals surface area contributed by atoms with Crippen LogP contribution in [0, 0.1) is 5.82 Å². The summed E-state index contributed by atoms with van der Waals surface area (Å²) < 4.78 is 45.6. The lowest BCUT2D eigenvalue weighted by Crippen LogP contribution is -2.33. The summed E-state index contributed by atoms with van der Waals surface area (Å²) in [4.78, 5) is -0.0726. The molecule has 0 radical (unpaired) electrons. The molecule has 0 unspecified atom stereocenters. The molecule has 2 rings (SSSR count). The Labute approximate surface area is 129 Å². The van der Waals surface area contributed by atoms with Crippen molar-refractivity contribution in [3.63, 3.8) is 0 Å². The summed E-state index contributed by atoms with van der Waals surface area (Å²) in [7, 11) is -2.06. The third kappa shape index (κ3) is 3.73. The molecule has 0 aliphatic carbocycles. The van der Waals surface area contributed by atoms with E-state index >= 15 is 0 Å². The van der Waals surface area contributed by atoms with E-state index in [1.54, 1.807) is 7.05 Å². The molecule has 0 aromatic heterocycles. The van der Waals surface area contributed by atoms with Crippen LogP contribution in [0.5, 0.6) is 0 Å². The van der Waals surface area contributed by atoms with Gasteiger partial charge in [-0.1, -0.05) is 11.6 Å². The molecule has 1 aromatic carbocycles. The standard InChI is InChI=1S/C13H18ClFN2O3S/c1-16-9-10-7-11(8-12(15)13(10)14)21(18,19)17-3-2-5-20-6-4-17/h7-8,16H,2-6,9H2,1H3. The highest BCUT2D eigenvalue weighted by Crippen LogP contribution is 2.26. The number of nitrogens with zero attached hydrogens (tertiary/aromatic N) is 1. The number of hydrogen-bond acceptors (Lipinski definition) is 4. The van der Waals surface area contributed by atoms with E-state index in [9.17, 15) is 12.8 Å². The molecule has 0 saturated carbocycles. The van der Waals surface area contributed by atoms with Crippen molar-refractivity contribution in [3.8, 4) is 0 Å². The normalized spacial score (nSPS) is 17.7. The second-order valence-electron chi connectivity index (χ2n) is 4.78. The predicted molar refractivity (Wildman–Crippen MR) is 78.4 cm³/mol. The minimum Gasteiger partial charge on any atom is -0.380 e. The number of ether oxygens (including phenoxy) is 1. The fourth-order valence-corrected chi connectivity index (χ4v) is 3.90. The van der Waals surface area contributed by atoms with Gasteiger partial charge in [-0.15, -0.1) is 0 Å². The van der Waals surface area contributed by atoms with Crippen LogP contribution in [-0.4, -0.2) is 46.1 Å². The Bertz CT molecular complexity index is 602. The van der Waals surface area contributed by atoms with Crippen LogP contribution in [0.3, 0.4) is 0 Å².